The lowest BCUT2D eigenvalue weighted by atomic mass is 9.43. The molecule has 0 saturated heterocycles. The molecule has 0 atom stereocenters. The third-order valence-electron chi connectivity index (χ3n) is 8.67. The van der Waals surface area contributed by atoms with Crippen LogP contribution in [0.2, 0.25) is 6.82 Å². The van der Waals surface area contributed by atoms with E-state index in [9.17, 15) is 0 Å². The normalized spacial score (nSPS) is 11.2. The van der Waals surface area contributed by atoms with Crippen molar-refractivity contribution in [1.29, 1.82) is 0 Å². The molecule has 1 heterocycles. The second-order valence-electron chi connectivity index (χ2n) is 11.8. The molecule has 0 aliphatic rings. The molecule has 0 bridgehead atoms. The molecular weight excluding hydrogens is 575 g/mol. The first-order valence-electron chi connectivity index (χ1n) is 16.6. The van der Waals surface area contributed by atoms with Gasteiger partial charge in [0.05, 0.1) is 27.6 Å². The molecule has 0 saturated carbocycles. The van der Waals surface area contributed by atoms with Crippen LogP contribution in [0.5, 0.6) is 5.75 Å². The van der Waals surface area contributed by atoms with E-state index in [0.717, 1.165) is 18.8 Å². The number of unbranched alkanes of at least 4 members (excludes halogenated alkanes) is 3. The maximum Gasteiger partial charge on any atom is 0.206 e. The van der Waals surface area contributed by atoms with Gasteiger partial charge in [-0.3, -0.25) is 0 Å². The lowest BCUT2D eigenvalue weighted by Gasteiger charge is -2.37. The van der Waals surface area contributed by atoms with Crippen molar-refractivity contribution in [3.63, 3.8) is 0 Å². The first kappa shape index (κ1) is 32.8. The van der Waals surface area contributed by atoms with Gasteiger partial charge in [-0.25, -0.2) is 4.98 Å². The summed E-state index contributed by atoms with van der Waals surface area (Å²) in [7, 11) is -0.885. The Kier molecular flexibility index (Phi) is 12.2. The summed E-state index contributed by atoms with van der Waals surface area (Å²) in [5.41, 5.74) is 5.33. The van der Waals surface area contributed by atoms with Gasteiger partial charge in [-0.1, -0.05) is 183 Å². The smallest absolute Gasteiger partial charge is 0.206 e. The summed E-state index contributed by atoms with van der Waals surface area (Å²) in [5, 5.41) is 1.11. The lowest BCUT2D eigenvalue weighted by molar-refractivity contribution is 0.305. The molecule has 0 radical (unpaired) electrons. The fourth-order valence-corrected chi connectivity index (χ4v) is 8.51. The van der Waals surface area contributed by atoms with Gasteiger partial charge in [-0.15, -0.1) is 0 Å². The van der Waals surface area contributed by atoms with Crippen molar-refractivity contribution in [2.24, 2.45) is 0 Å². The zero-order chi connectivity index (χ0) is 31.9. The predicted molar refractivity (Wildman–Crippen MR) is 199 cm³/mol. The van der Waals surface area contributed by atoms with E-state index in [1.165, 1.54) is 46.5 Å². The molecule has 6 rings (SSSR count). The van der Waals surface area contributed by atoms with Gasteiger partial charge in [-0.2, -0.15) is 0 Å². The summed E-state index contributed by atoms with van der Waals surface area (Å²) in [4.78, 5) is 4.42. The summed E-state index contributed by atoms with van der Waals surface area (Å²) in [6.45, 7) is 5.75. The van der Waals surface area contributed by atoms with Crippen LogP contribution in [0.1, 0.15) is 43.7 Å². The fraction of sp³-hybridized carbons (Fsp3) is 0.195. The van der Waals surface area contributed by atoms with E-state index in [2.05, 4.69) is 175 Å². The fourth-order valence-electron chi connectivity index (χ4n) is 6.11. The van der Waals surface area contributed by atoms with Gasteiger partial charge < -0.3 is 9.30 Å². The minimum absolute atomic E-state index is 0.265. The van der Waals surface area contributed by atoms with Crippen LogP contribution in [0, 0.1) is 0 Å². The van der Waals surface area contributed by atoms with Crippen molar-refractivity contribution in [1.82, 2.24) is 9.55 Å². The lowest BCUT2D eigenvalue weighted by Crippen LogP contribution is -2.46. The molecule has 0 unspecified atom stereocenters. The molecule has 6 aromatic rings. The summed E-state index contributed by atoms with van der Waals surface area (Å²) in [6.07, 6.45) is 10.8. The molecule has 3 nitrogen and oxygen atoms in total. The predicted octanol–water partition coefficient (Wildman–Crippen LogP) is 7.01. The molecule has 5 heteroatoms. The number of imidazole rings is 1. The first-order chi connectivity index (χ1) is 22.7. The van der Waals surface area contributed by atoms with Crippen molar-refractivity contribution >= 4 is 32.3 Å². The van der Waals surface area contributed by atoms with Gasteiger partial charge in [0, 0.05) is 12.4 Å². The van der Waals surface area contributed by atoms with E-state index in [0.29, 0.717) is 6.71 Å². The minimum atomic E-state index is -0.885. The van der Waals surface area contributed by atoms with E-state index in [4.69, 9.17) is 4.74 Å². The van der Waals surface area contributed by atoms with Gasteiger partial charge in [0.2, 0.25) is 6.71 Å². The molecule has 5 aromatic carbocycles. The topological polar surface area (TPSA) is 27.1 Å². The van der Waals surface area contributed by atoms with Crippen molar-refractivity contribution in [2.45, 2.75) is 44.6 Å². The van der Waals surface area contributed by atoms with E-state index >= 15 is 0 Å². The molecule has 1 aromatic heterocycles. The summed E-state index contributed by atoms with van der Waals surface area (Å²) < 4.78 is 8.41. The van der Waals surface area contributed by atoms with Gasteiger partial charge >= 0.3 is 0 Å². The maximum absolute atomic E-state index is 6.11. The SMILES string of the molecule is CB(c1ccccc1)c1ccccc1.CCCCCCOc1cccc([SiH2]C(c2ccccc2)(c2ccccc2)n2ccnc2)c1. The summed E-state index contributed by atoms with van der Waals surface area (Å²) >= 11 is 0. The van der Waals surface area contributed by atoms with Crippen molar-refractivity contribution in [2.75, 3.05) is 6.61 Å². The van der Waals surface area contributed by atoms with Crippen LogP contribution in [-0.2, 0) is 5.16 Å². The number of benzene rings is 5. The van der Waals surface area contributed by atoms with Crippen molar-refractivity contribution in [3.05, 3.63) is 175 Å². The van der Waals surface area contributed by atoms with E-state index in [-0.39, 0.29) is 5.16 Å². The molecule has 232 valence electrons. The van der Waals surface area contributed by atoms with E-state index < -0.39 is 9.52 Å². The highest BCUT2D eigenvalue weighted by atomic mass is 28.2. The monoisotopic (exact) mass is 620 g/mol. The molecule has 0 N–H and O–H groups in total. The van der Waals surface area contributed by atoms with Crippen LogP contribution in [0.15, 0.2) is 164 Å². The van der Waals surface area contributed by atoms with E-state index in [1.54, 1.807) is 0 Å². The van der Waals surface area contributed by atoms with Crippen LogP contribution in [-0.4, -0.2) is 32.4 Å². The first-order valence-corrected chi connectivity index (χ1v) is 18.0. The summed E-state index contributed by atoms with van der Waals surface area (Å²) in [6, 6.07) is 51.6. The number of rotatable bonds is 13. The third-order valence-corrected chi connectivity index (χ3v) is 11.2. The Bertz CT molecular complexity index is 1600. The summed E-state index contributed by atoms with van der Waals surface area (Å²) in [5.74, 6) is 0.979. The van der Waals surface area contributed by atoms with Crippen LogP contribution in [0.4, 0.5) is 0 Å². The van der Waals surface area contributed by atoms with Gasteiger partial charge in [-0.05, 0) is 29.7 Å². The quantitative estimate of drug-likeness (QED) is 0.103. The Labute approximate surface area is 278 Å². The van der Waals surface area contributed by atoms with Crippen LogP contribution < -0.4 is 20.8 Å². The molecule has 0 aliphatic carbocycles. The Morgan fingerprint density at radius 1 is 0.674 bits per heavy atom. The van der Waals surface area contributed by atoms with Crippen LogP contribution >= 0.6 is 0 Å². The highest BCUT2D eigenvalue weighted by molar-refractivity contribution is 6.84. The molecule has 0 fully saturated rings. The van der Waals surface area contributed by atoms with Crippen molar-refractivity contribution in [3.8, 4) is 5.75 Å². The van der Waals surface area contributed by atoms with E-state index in [1.807, 2.05) is 12.5 Å². The third kappa shape index (κ3) is 8.55. The van der Waals surface area contributed by atoms with Gasteiger partial charge in [0.25, 0.3) is 0 Å². The largest absolute Gasteiger partial charge is 0.494 e. The molecule has 46 heavy (non-hydrogen) atoms. The van der Waals surface area contributed by atoms with Crippen molar-refractivity contribution < 1.29 is 4.74 Å². The molecule has 0 amide bonds. The molecule has 0 spiro atoms. The van der Waals surface area contributed by atoms with Gasteiger partial charge in [0.1, 0.15) is 5.75 Å². The second-order valence-corrected chi connectivity index (χ2v) is 14.0. The highest BCUT2D eigenvalue weighted by Crippen LogP contribution is 2.33. The zero-order valence-electron chi connectivity index (χ0n) is 27.2. The van der Waals surface area contributed by atoms with Crippen LogP contribution in [0.25, 0.3) is 0 Å². The Morgan fingerprint density at radius 2 is 1.24 bits per heavy atom. The Hall–Kier alpha value is -4.61. The zero-order valence-corrected chi connectivity index (χ0v) is 28.6. The average molecular weight is 621 g/mol. The Balaban J connectivity index is 0.000000247. The Morgan fingerprint density at radius 3 is 1.76 bits per heavy atom. The standard InChI is InChI=1S/C28H32N2OSi.C13H13B/c1-2-3-4-11-21-31-26-17-12-18-27(22-26)32-28(30-20-19-29-23-30,24-13-7-5-8-14-24)25-15-9-6-10-16-25;1-14(12-8-4-2-5-9-12)13-10-6-3-7-11-13/h5-10,12-20,22-23H,2-4,11,21,32H2,1H3;2-11H,1H3. The molecule has 0 aliphatic heterocycles. The molecular formula is C41H45BN2OSi. The average Bonchev–Trinajstić information content (AvgIpc) is 3.68. The maximum atomic E-state index is 6.11. The number of ether oxygens (including phenoxy) is 1. The van der Waals surface area contributed by atoms with Crippen LogP contribution in [0.3, 0.4) is 0 Å². The second kappa shape index (κ2) is 17.2. The highest BCUT2D eigenvalue weighted by Gasteiger charge is 2.36. The number of nitrogens with zero attached hydrogens (tertiary/aromatic N) is 2. The number of hydrogen-bond donors (Lipinski definition) is 0. The minimum Gasteiger partial charge on any atom is -0.494 e. The number of aromatic nitrogens is 2. The number of hydrogen-bond acceptors (Lipinski definition) is 2. The van der Waals surface area contributed by atoms with Gasteiger partial charge in [0.15, 0.2) is 0 Å².